The average Bonchev–Trinajstić information content (AvgIpc) is 3.07. The maximum absolute atomic E-state index is 12.3. The van der Waals surface area contributed by atoms with E-state index in [9.17, 15) is 13.2 Å². The van der Waals surface area contributed by atoms with E-state index < -0.39 is 32.8 Å². The second-order valence-electron chi connectivity index (χ2n) is 6.90. The molecule has 0 aliphatic heterocycles. The monoisotopic (exact) mass is 411 g/mol. The van der Waals surface area contributed by atoms with Gasteiger partial charge in [0.2, 0.25) is 17.6 Å². The fraction of sp³-hybridized carbons (Fsp3) is 0.500. The molecule has 0 atom stereocenters. The lowest BCUT2D eigenvalue weighted by molar-refractivity contribution is -0.120. The summed E-state index contributed by atoms with van der Waals surface area (Å²) < 4.78 is 40.0. The largest absolute Gasteiger partial charge is 0.493 e. The van der Waals surface area contributed by atoms with Gasteiger partial charge in [-0.25, -0.2) is 8.42 Å². The van der Waals surface area contributed by atoms with Gasteiger partial charge in [0.05, 0.1) is 14.2 Å². The number of carbonyl (C=O) groups excluding carboxylic acids is 1. The van der Waals surface area contributed by atoms with Crippen molar-refractivity contribution in [2.75, 3.05) is 20.0 Å². The molecule has 2 aromatic rings. The zero-order chi connectivity index (χ0) is 20.9. The van der Waals surface area contributed by atoms with Gasteiger partial charge in [0.15, 0.2) is 21.3 Å². The topological polar surface area (TPSA) is 121 Å². The summed E-state index contributed by atoms with van der Waals surface area (Å²) in [5, 5.41) is 6.50. The Balaban J connectivity index is 2.11. The Labute approximate surface area is 164 Å². The summed E-state index contributed by atoms with van der Waals surface area (Å²) in [5.74, 6) is -0.591. The second-order valence-corrected chi connectivity index (χ2v) is 8.96. The van der Waals surface area contributed by atoms with Crippen LogP contribution in [0.2, 0.25) is 0 Å². The highest BCUT2D eigenvalue weighted by atomic mass is 32.2. The number of carbonyl (C=O) groups is 1. The van der Waals surface area contributed by atoms with Gasteiger partial charge in [0.1, 0.15) is 11.5 Å². The molecule has 2 rings (SSSR count). The Hall–Kier alpha value is -2.62. The molecule has 0 saturated carbocycles. The predicted octanol–water partition coefficient (Wildman–Crippen LogP) is 1.97. The van der Waals surface area contributed by atoms with E-state index in [-0.39, 0.29) is 11.7 Å². The number of nitrogens with one attached hydrogen (secondary N) is 1. The lowest BCUT2D eigenvalue weighted by Crippen LogP contribution is -2.45. The Bertz CT molecular complexity index is 937. The summed E-state index contributed by atoms with van der Waals surface area (Å²) in [4.78, 5) is 16.1. The lowest BCUT2D eigenvalue weighted by Gasteiger charge is -2.24. The van der Waals surface area contributed by atoms with Gasteiger partial charge in [-0.2, -0.15) is 4.98 Å². The van der Waals surface area contributed by atoms with E-state index in [0.717, 1.165) is 0 Å². The fourth-order valence-electron chi connectivity index (χ4n) is 2.35. The van der Waals surface area contributed by atoms with Crippen LogP contribution in [-0.2, 0) is 20.4 Å². The molecule has 1 heterocycles. The lowest BCUT2D eigenvalue weighted by atomic mass is 10.0. The molecule has 0 bridgehead atoms. The van der Waals surface area contributed by atoms with Crippen molar-refractivity contribution in [3.63, 3.8) is 0 Å². The predicted molar refractivity (Wildman–Crippen MR) is 103 cm³/mol. The molecule has 0 spiro atoms. The van der Waals surface area contributed by atoms with Gasteiger partial charge in [-0.1, -0.05) is 12.1 Å². The third kappa shape index (κ3) is 5.69. The Kier molecular flexibility index (Phi) is 6.65. The maximum atomic E-state index is 12.3. The van der Waals surface area contributed by atoms with Crippen molar-refractivity contribution >= 4 is 15.7 Å². The highest BCUT2D eigenvalue weighted by Crippen LogP contribution is 2.31. The van der Waals surface area contributed by atoms with Crippen LogP contribution >= 0.6 is 0 Å². The number of amides is 1. The number of hydrogen-bond donors (Lipinski definition) is 1. The fourth-order valence-corrected chi connectivity index (χ4v) is 3.41. The van der Waals surface area contributed by atoms with Gasteiger partial charge in [-0.3, -0.25) is 4.79 Å². The Morgan fingerprint density at radius 2 is 1.89 bits per heavy atom. The molecule has 0 aliphatic carbocycles. The van der Waals surface area contributed by atoms with Crippen molar-refractivity contribution in [1.29, 1.82) is 0 Å². The van der Waals surface area contributed by atoms with E-state index in [2.05, 4.69) is 15.5 Å². The van der Waals surface area contributed by atoms with E-state index >= 15 is 0 Å². The summed E-state index contributed by atoms with van der Waals surface area (Å²) in [6.07, 6.45) is 0.678. The van der Waals surface area contributed by atoms with E-state index in [1.807, 2.05) is 20.8 Å². The molecule has 0 radical (unpaired) electrons. The van der Waals surface area contributed by atoms with Crippen LogP contribution in [0.15, 0.2) is 22.7 Å². The molecule has 1 N–H and O–H groups in total. The number of rotatable bonds is 9. The molecule has 0 fully saturated rings. The highest BCUT2D eigenvalue weighted by molar-refractivity contribution is 7.91. The third-order valence-corrected chi connectivity index (χ3v) is 5.55. The molecule has 28 heavy (non-hydrogen) atoms. The molecule has 0 saturated heterocycles. The Morgan fingerprint density at radius 1 is 1.21 bits per heavy atom. The standard InChI is InChI=1S/C18H25N3O6S/c1-6-18(2,3)20-15(22)10-28(23,24)11-16-19-17(21-27-16)12-7-8-13(25-4)14(9-12)26-5/h7-9H,6,10-11H2,1-5H3,(H,20,22). The number of sulfone groups is 1. The quantitative estimate of drug-likeness (QED) is 0.665. The minimum Gasteiger partial charge on any atom is -0.493 e. The summed E-state index contributed by atoms with van der Waals surface area (Å²) in [5.41, 5.74) is 0.102. The molecule has 0 aliphatic rings. The van der Waals surface area contributed by atoms with Crippen LogP contribution in [0.3, 0.4) is 0 Å². The van der Waals surface area contributed by atoms with Gasteiger partial charge in [0, 0.05) is 11.1 Å². The van der Waals surface area contributed by atoms with Crippen LogP contribution in [0, 0.1) is 0 Å². The number of aromatic nitrogens is 2. The summed E-state index contributed by atoms with van der Waals surface area (Å²) in [6.45, 7) is 5.55. The van der Waals surface area contributed by atoms with Crippen LogP contribution in [0.25, 0.3) is 11.4 Å². The van der Waals surface area contributed by atoms with Gasteiger partial charge in [0.25, 0.3) is 0 Å². The SMILES string of the molecule is CCC(C)(C)NC(=O)CS(=O)(=O)Cc1nc(-c2ccc(OC)c(OC)c2)no1. The zero-order valence-electron chi connectivity index (χ0n) is 16.6. The molecular formula is C18H25N3O6S. The van der Waals surface area contributed by atoms with Gasteiger partial charge in [-0.05, 0) is 38.5 Å². The first-order valence-electron chi connectivity index (χ1n) is 8.65. The Morgan fingerprint density at radius 3 is 2.50 bits per heavy atom. The van der Waals surface area contributed by atoms with Crippen molar-refractivity contribution in [3.8, 4) is 22.9 Å². The minimum absolute atomic E-state index is 0.0904. The number of methoxy groups -OCH3 is 2. The summed E-state index contributed by atoms with van der Waals surface area (Å²) >= 11 is 0. The van der Waals surface area contributed by atoms with Crippen molar-refractivity contribution in [1.82, 2.24) is 15.5 Å². The zero-order valence-corrected chi connectivity index (χ0v) is 17.4. The second kappa shape index (κ2) is 8.59. The van der Waals surface area contributed by atoms with Crippen LogP contribution in [0.5, 0.6) is 11.5 Å². The van der Waals surface area contributed by atoms with Crippen molar-refractivity contribution in [2.24, 2.45) is 0 Å². The molecule has 1 amide bonds. The van der Waals surface area contributed by atoms with Gasteiger partial charge in [-0.15, -0.1) is 0 Å². The number of ether oxygens (including phenoxy) is 2. The molecule has 1 aromatic heterocycles. The van der Waals surface area contributed by atoms with Crippen molar-refractivity contribution in [2.45, 2.75) is 38.5 Å². The van der Waals surface area contributed by atoms with Crippen LogP contribution in [0.4, 0.5) is 0 Å². The smallest absolute Gasteiger partial charge is 0.242 e. The van der Waals surface area contributed by atoms with Crippen LogP contribution < -0.4 is 14.8 Å². The first-order valence-corrected chi connectivity index (χ1v) is 10.5. The highest BCUT2D eigenvalue weighted by Gasteiger charge is 2.25. The maximum Gasteiger partial charge on any atom is 0.242 e. The molecule has 154 valence electrons. The third-order valence-electron chi connectivity index (χ3n) is 4.17. The van der Waals surface area contributed by atoms with E-state index in [1.165, 1.54) is 14.2 Å². The molecule has 9 nitrogen and oxygen atoms in total. The summed E-state index contributed by atoms with van der Waals surface area (Å²) in [6, 6.07) is 5.04. The molecule has 10 heteroatoms. The van der Waals surface area contributed by atoms with Crippen molar-refractivity contribution < 1.29 is 27.2 Å². The van der Waals surface area contributed by atoms with Crippen molar-refractivity contribution in [3.05, 3.63) is 24.1 Å². The number of nitrogens with zero attached hydrogens (tertiary/aromatic N) is 2. The average molecular weight is 411 g/mol. The van der Waals surface area contributed by atoms with Crippen LogP contribution in [0.1, 0.15) is 33.1 Å². The first kappa shape index (κ1) is 21.7. The van der Waals surface area contributed by atoms with Gasteiger partial charge < -0.3 is 19.3 Å². The minimum atomic E-state index is -3.76. The summed E-state index contributed by atoms with van der Waals surface area (Å²) in [7, 11) is -0.739. The molecule has 1 aromatic carbocycles. The molecular weight excluding hydrogens is 386 g/mol. The van der Waals surface area contributed by atoms with E-state index in [0.29, 0.717) is 23.5 Å². The van der Waals surface area contributed by atoms with Crippen LogP contribution in [-0.4, -0.2) is 50.0 Å². The first-order chi connectivity index (χ1) is 13.1. The van der Waals surface area contributed by atoms with E-state index in [4.69, 9.17) is 14.0 Å². The van der Waals surface area contributed by atoms with E-state index in [1.54, 1.807) is 18.2 Å². The molecule has 0 unspecified atom stereocenters. The normalized spacial score (nSPS) is 11.9. The number of hydrogen-bond acceptors (Lipinski definition) is 8. The van der Waals surface area contributed by atoms with Gasteiger partial charge >= 0.3 is 0 Å². The number of benzene rings is 1.